The number of halogens is 1. The molecule has 0 radical (unpaired) electrons. The number of anilines is 2. The van der Waals surface area contributed by atoms with Crippen LogP contribution in [0.1, 0.15) is 0 Å². The molecule has 0 bridgehead atoms. The van der Waals surface area contributed by atoms with Gasteiger partial charge in [-0.05, 0) is 25.7 Å². The molecule has 0 unspecified atom stereocenters. The van der Waals surface area contributed by atoms with E-state index in [2.05, 4.69) is 20.2 Å². The number of likely N-dealkylation sites (N-methyl/N-ethyl adjacent to an activating group) is 1. The first-order valence-corrected chi connectivity index (χ1v) is 5.71. The molecular weight excluding hydrogens is 242 g/mol. The van der Waals surface area contributed by atoms with Gasteiger partial charge >= 0.3 is 0 Å². The second-order valence-corrected chi connectivity index (χ2v) is 4.12. The summed E-state index contributed by atoms with van der Waals surface area (Å²) in [5.41, 5.74) is 6.15. The smallest absolute Gasteiger partial charge is 0.224 e. The lowest BCUT2D eigenvalue weighted by atomic mass is 10.5. The van der Waals surface area contributed by atoms with Gasteiger partial charge in [0.2, 0.25) is 5.28 Å². The summed E-state index contributed by atoms with van der Waals surface area (Å²) < 4.78 is 5.41. The highest BCUT2D eigenvalue weighted by Gasteiger charge is 2.01. The normalized spacial score (nSPS) is 10.8. The third-order valence-corrected chi connectivity index (χ3v) is 2.19. The van der Waals surface area contributed by atoms with E-state index in [-0.39, 0.29) is 5.28 Å². The second-order valence-electron chi connectivity index (χ2n) is 3.79. The number of hydrogen-bond donors (Lipinski definition) is 2. The van der Waals surface area contributed by atoms with Crippen LogP contribution < -0.4 is 11.1 Å². The van der Waals surface area contributed by atoms with Gasteiger partial charge in [-0.15, -0.1) is 0 Å². The van der Waals surface area contributed by atoms with Gasteiger partial charge in [0.05, 0.1) is 25.1 Å². The van der Waals surface area contributed by atoms with Crippen molar-refractivity contribution in [2.45, 2.75) is 0 Å². The maximum Gasteiger partial charge on any atom is 0.224 e. The molecule has 0 saturated carbocycles. The van der Waals surface area contributed by atoms with Crippen molar-refractivity contribution in [2.24, 2.45) is 0 Å². The van der Waals surface area contributed by atoms with Gasteiger partial charge in [-0.25, -0.2) is 4.98 Å². The Hall–Kier alpha value is -1.11. The fraction of sp³-hybridized carbons (Fsp3) is 0.600. The number of aromatic nitrogens is 2. The molecule has 96 valence electrons. The zero-order valence-electron chi connectivity index (χ0n) is 10.1. The van der Waals surface area contributed by atoms with Crippen LogP contribution in [0.3, 0.4) is 0 Å². The second kappa shape index (κ2) is 7.26. The zero-order valence-corrected chi connectivity index (χ0v) is 10.9. The van der Waals surface area contributed by atoms with E-state index in [1.54, 1.807) is 0 Å². The topological polar surface area (TPSA) is 76.3 Å². The standard InChI is InChI=1S/C10H18ClN5O/c1-16(2)4-6-17-5-3-13-9-8(12)7-14-10(11)15-9/h7H,3-6,12H2,1-2H3,(H,13,14,15). The van der Waals surface area contributed by atoms with Crippen molar-refractivity contribution in [2.75, 3.05) is 51.4 Å². The van der Waals surface area contributed by atoms with Crippen molar-refractivity contribution in [3.05, 3.63) is 11.5 Å². The molecule has 0 aliphatic carbocycles. The Labute approximate surface area is 106 Å². The van der Waals surface area contributed by atoms with Crippen LogP contribution >= 0.6 is 11.6 Å². The van der Waals surface area contributed by atoms with Gasteiger partial charge < -0.3 is 20.7 Å². The van der Waals surface area contributed by atoms with Crippen LogP contribution in [-0.2, 0) is 4.74 Å². The highest BCUT2D eigenvalue weighted by atomic mass is 35.5. The van der Waals surface area contributed by atoms with E-state index in [9.17, 15) is 0 Å². The summed E-state index contributed by atoms with van der Waals surface area (Å²) in [6, 6.07) is 0. The Balaban J connectivity index is 2.20. The Bertz CT molecular complexity index is 347. The number of ether oxygens (including phenoxy) is 1. The van der Waals surface area contributed by atoms with Crippen LogP contribution in [0.5, 0.6) is 0 Å². The maximum absolute atomic E-state index is 5.68. The minimum absolute atomic E-state index is 0.176. The van der Waals surface area contributed by atoms with Crippen LogP contribution in [0.4, 0.5) is 11.5 Å². The molecule has 3 N–H and O–H groups in total. The van der Waals surface area contributed by atoms with Gasteiger partial charge in [0.1, 0.15) is 0 Å². The summed E-state index contributed by atoms with van der Waals surface area (Å²) in [4.78, 5) is 9.81. The number of nitrogen functional groups attached to an aromatic ring is 1. The van der Waals surface area contributed by atoms with Crippen molar-refractivity contribution in [1.82, 2.24) is 14.9 Å². The molecule has 0 aliphatic heterocycles. The van der Waals surface area contributed by atoms with Crippen molar-refractivity contribution in [1.29, 1.82) is 0 Å². The van der Waals surface area contributed by atoms with Crippen molar-refractivity contribution >= 4 is 23.1 Å². The van der Waals surface area contributed by atoms with Crippen LogP contribution in [0.2, 0.25) is 5.28 Å². The van der Waals surface area contributed by atoms with Crippen LogP contribution in [0.15, 0.2) is 6.20 Å². The highest BCUT2D eigenvalue weighted by molar-refractivity contribution is 6.28. The minimum atomic E-state index is 0.176. The van der Waals surface area contributed by atoms with E-state index in [0.717, 1.165) is 6.54 Å². The maximum atomic E-state index is 5.68. The molecule has 1 aromatic rings. The van der Waals surface area contributed by atoms with E-state index in [0.29, 0.717) is 31.3 Å². The molecule has 0 spiro atoms. The number of hydrogen-bond acceptors (Lipinski definition) is 6. The van der Waals surface area contributed by atoms with Gasteiger partial charge in [-0.1, -0.05) is 0 Å². The first-order chi connectivity index (χ1) is 8.09. The Morgan fingerprint density at radius 3 is 2.94 bits per heavy atom. The first kappa shape index (κ1) is 14.0. The average molecular weight is 260 g/mol. The van der Waals surface area contributed by atoms with E-state index in [1.807, 2.05) is 14.1 Å². The van der Waals surface area contributed by atoms with E-state index < -0.39 is 0 Å². The predicted molar refractivity (Wildman–Crippen MR) is 69.3 cm³/mol. The summed E-state index contributed by atoms with van der Waals surface area (Å²) >= 11 is 5.66. The summed E-state index contributed by atoms with van der Waals surface area (Å²) in [5, 5.41) is 3.22. The zero-order chi connectivity index (χ0) is 12.7. The number of nitrogens with zero attached hydrogens (tertiary/aromatic N) is 3. The predicted octanol–water partition coefficient (Wildman–Crippen LogP) is 0.702. The summed E-state index contributed by atoms with van der Waals surface area (Å²) in [5.74, 6) is 0.543. The van der Waals surface area contributed by atoms with Gasteiger partial charge in [-0.2, -0.15) is 4.98 Å². The van der Waals surface area contributed by atoms with E-state index >= 15 is 0 Å². The molecule has 0 fully saturated rings. The Kier molecular flexibility index (Phi) is 5.96. The molecule has 0 aromatic carbocycles. The lowest BCUT2D eigenvalue weighted by Gasteiger charge is -2.11. The average Bonchev–Trinajstić information content (AvgIpc) is 2.27. The van der Waals surface area contributed by atoms with Crippen LogP contribution in [0.25, 0.3) is 0 Å². The molecule has 1 heterocycles. The molecule has 0 aliphatic rings. The molecule has 7 heteroatoms. The van der Waals surface area contributed by atoms with Crippen molar-refractivity contribution < 1.29 is 4.74 Å². The summed E-state index contributed by atoms with van der Waals surface area (Å²) in [6.45, 7) is 2.83. The molecule has 0 saturated heterocycles. The van der Waals surface area contributed by atoms with Crippen molar-refractivity contribution in [3.63, 3.8) is 0 Å². The molecule has 17 heavy (non-hydrogen) atoms. The van der Waals surface area contributed by atoms with Gasteiger partial charge in [0, 0.05) is 13.1 Å². The lowest BCUT2D eigenvalue weighted by molar-refractivity contribution is 0.126. The minimum Gasteiger partial charge on any atom is -0.394 e. The largest absolute Gasteiger partial charge is 0.394 e. The van der Waals surface area contributed by atoms with E-state index in [1.165, 1.54) is 6.20 Å². The SMILES string of the molecule is CN(C)CCOCCNc1nc(Cl)ncc1N. The van der Waals surface area contributed by atoms with Gasteiger partial charge in [0.15, 0.2) is 5.82 Å². The summed E-state index contributed by atoms with van der Waals surface area (Å²) in [7, 11) is 4.01. The quantitative estimate of drug-likeness (QED) is 0.555. The Morgan fingerprint density at radius 1 is 1.47 bits per heavy atom. The number of rotatable bonds is 7. The number of nitrogens with two attached hydrogens (primary N) is 1. The van der Waals surface area contributed by atoms with Gasteiger partial charge in [0.25, 0.3) is 0 Å². The van der Waals surface area contributed by atoms with Gasteiger partial charge in [-0.3, -0.25) is 0 Å². The molecule has 6 nitrogen and oxygen atoms in total. The van der Waals surface area contributed by atoms with E-state index in [4.69, 9.17) is 22.1 Å². The Morgan fingerprint density at radius 2 is 2.24 bits per heavy atom. The van der Waals surface area contributed by atoms with Crippen LogP contribution in [0, 0.1) is 0 Å². The fourth-order valence-electron chi connectivity index (χ4n) is 1.10. The third kappa shape index (κ3) is 5.67. The monoisotopic (exact) mass is 259 g/mol. The number of nitrogens with one attached hydrogen (secondary N) is 1. The molecule has 1 aromatic heterocycles. The fourth-order valence-corrected chi connectivity index (χ4v) is 1.24. The highest BCUT2D eigenvalue weighted by Crippen LogP contribution is 2.14. The molecule has 1 rings (SSSR count). The lowest BCUT2D eigenvalue weighted by Crippen LogP contribution is -2.20. The molecule has 0 amide bonds. The molecular formula is C10H18ClN5O. The third-order valence-electron chi connectivity index (χ3n) is 2.01. The van der Waals surface area contributed by atoms with Crippen molar-refractivity contribution in [3.8, 4) is 0 Å². The van der Waals surface area contributed by atoms with Crippen LogP contribution in [-0.4, -0.2) is 55.3 Å². The summed E-state index contributed by atoms with van der Waals surface area (Å²) in [6.07, 6.45) is 1.48. The first-order valence-electron chi connectivity index (χ1n) is 5.34. The molecule has 0 atom stereocenters.